The van der Waals surface area contributed by atoms with Crippen LogP contribution in [0.4, 0.5) is 5.69 Å². The maximum Gasteiger partial charge on any atom is 0.335 e. The first-order chi connectivity index (χ1) is 12.0. The van der Waals surface area contributed by atoms with Gasteiger partial charge in [-0.2, -0.15) is 0 Å². The summed E-state index contributed by atoms with van der Waals surface area (Å²) in [6.45, 7) is 0. The van der Waals surface area contributed by atoms with Crippen molar-refractivity contribution in [2.45, 2.75) is 0 Å². The zero-order valence-electron chi connectivity index (χ0n) is 13.2. The SMILES string of the molecule is COc1ccc(N=c2oc3ccc(C(=O)O)cc3cc2C(N)=O)cc1. The van der Waals surface area contributed by atoms with E-state index < -0.39 is 11.9 Å². The lowest BCUT2D eigenvalue weighted by atomic mass is 10.1. The molecule has 1 aromatic heterocycles. The third kappa shape index (κ3) is 3.35. The van der Waals surface area contributed by atoms with Crippen LogP contribution in [0.25, 0.3) is 11.0 Å². The fourth-order valence-electron chi connectivity index (χ4n) is 2.30. The first kappa shape index (κ1) is 16.3. The van der Waals surface area contributed by atoms with Crippen LogP contribution in [0.15, 0.2) is 57.9 Å². The van der Waals surface area contributed by atoms with Gasteiger partial charge in [0.2, 0.25) is 5.55 Å². The molecule has 0 bridgehead atoms. The maximum absolute atomic E-state index is 11.7. The van der Waals surface area contributed by atoms with Crippen LogP contribution in [-0.2, 0) is 0 Å². The van der Waals surface area contributed by atoms with Crippen molar-refractivity contribution in [1.82, 2.24) is 0 Å². The number of benzene rings is 2. The van der Waals surface area contributed by atoms with E-state index in [1.54, 1.807) is 31.4 Å². The van der Waals surface area contributed by atoms with Gasteiger partial charge in [-0.1, -0.05) is 0 Å². The third-order valence-electron chi connectivity index (χ3n) is 3.56. The molecule has 0 aliphatic rings. The Morgan fingerprint density at radius 2 is 1.84 bits per heavy atom. The highest BCUT2D eigenvalue weighted by Crippen LogP contribution is 2.19. The molecule has 0 aliphatic heterocycles. The minimum absolute atomic E-state index is 0.0493. The van der Waals surface area contributed by atoms with E-state index in [0.29, 0.717) is 22.4 Å². The summed E-state index contributed by atoms with van der Waals surface area (Å²) in [6, 6.07) is 12.7. The molecule has 2 aromatic carbocycles. The molecule has 0 saturated heterocycles. The highest BCUT2D eigenvalue weighted by Gasteiger charge is 2.11. The van der Waals surface area contributed by atoms with Crippen molar-refractivity contribution in [3.05, 3.63) is 65.2 Å². The Bertz CT molecular complexity index is 1040. The van der Waals surface area contributed by atoms with Crippen molar-refractivity contribution in [3.8, 4) is 5.75 Å². The smallest absolute Gasteiger partial charge is 0.335 e. The van der Waals surface area contributed by atoms with Crippen LogP contribution in [0.5, 0.6) is 5.75 Å². The molecule has 25 heavy (non-hydrogen) atoms. The standard InChI is InChI=1S/C18H14N2O5/c1-24-13-5-3-12(4-6-13)20-17-14(16(19)21)9-11-8-10(18(22)23)2-7-15(11)25-17/h2-9H,1H3,(H2,19,21)(H,22,23). The molecule has 126 valence electrons. The van der Waals surface area contributed by atoms with Gasteiger partial charge in [0.25, 0.3) is 5.91 Å². The van der Waals surface area contributed by atoms with Crippen LogP contribution >= 0.6 is 0 Å². The number of ether oxygens (including phenoxy) is 1. The number of carboxylic acids is 1. The molecule has 0 atom stereocenters. The van der Waals surface area contributed by atoms with E-state index in [1.807, 2.05) is 0 Å². The number of carbonyl (C=O) groups excluding carboxylic acids is 1. The number of carboxylic acid groups (broad SMARTS) is 1. The minimum atomic E-state index is -1.07. The van der Waals surface area contributed by atoms with E-state index in [-0.39, 0.29) is 16.7 Å². The number of hydrogen-bond acceptors (Lipinski definition) is 5. The number of fused-ring (bicyclic) bond motifs is 1. The first-order valence-electron chi connectivity index (χ1n) is 7.28. The summed E-state index contributed by atoms with van der Waals surface area (Å²) in [4.78, 5) is 27.1. The van der Waals surface area contributed by atoms with E-state index in [9.17, 15) is 9.59 Å². The highest BCUT2D eigenvalue weighted by molar-refractivity contribution is 5.97. The molecule has 1 heterocycles. The number of hydrogen-bond donors (Lipinski definition) is 2. The predicted molar refractivity (Wildman–Crippen MR) is 89.9 cm³/mol. The fourth-order valence-corrected chi connectivity index (χ4v) is 2.30. The molecule has 0 unspecified atom stereocenters. The summed E-state index contributed by atoms with van der Waals surface area (Å²) in [5, 5.41) is 9.51. The van der Waals surface area contributed by atoms with Gasteiger partial charge in [-0.25, -0.2) is 9.79 Å². The van der Waals surface area contributed by atoms with E-state index in [1.165, 1.54) is 24.3 Å². The average molecular weight is 338 g/mol. The van der Waals surface area contributed by atoms with Crippen LogP contribution in [0, 0.1) is 0 Å². The Morgan fingerprint density at radius 3 is 2.44 bits per heavy atom. The number of amides is 1. The average Bonchev–Trinajstić information content (AvgIpc) is 2.61. The molecule has 0 aliphatic carbocycles. The lowest BCUT2D eigenvalue weighted by Gasteiger charge is -2.04. The largest absolute Gasteiger partial charge is 0.497 e. The molecule has 3 aromatic rings. The molecular formula is C18H14N2O5. The monoisotopic (exact) mass is 338 g/mol. The minimum Gasteiger partial charge on any atom is -0.497 e. The van der Waals surface area contributed by atoms with Crippen molar-refractivity contribution in [3.63, 3.8) is 0 Å². The first-order valence-corrected chi connectivity index (χ1v) is 7.28. The highest BCUT2D eigenvalue weighted by atomic mass is 16.5. The molecular weight excluding hydrogens is 324 g/mol. The van der Waals surface area contributed by atoms with E-state index in [4.69, 9.17) is 20.0 Å². The topological polar surface area (TPSA) is 115 Å². The van der Waals surface area contributed by atoms with Gasteiger partial charge in [-0.15, -0.1) is 0 Å². The van der Waals surface area contributed by atoms with Gasteiger partial charge in [0.1, 0.15) is 16.9 Å². The lowest BCUT2D eigenvalue weighted by molar-refractivity contribution is 0.0697. The number of methoxy groups -OCH3 is 1. The molecule has 0 radical (unpaired) electrons. The van der Waals surface area contributed by atoms with E-state index >= 15 is 0 Å². The van der Waals surface area contributed by atoms with Crippen molar-refractivity contribution in [1.29, 1.82) is 0 Å². The van der Waals surface area contributed by atoms with Crippen molar-refractivity contribution in [2.75, 3.05) is 7.11 Å². The summed E-state index contributed by atoms with van der Waals surface area (Å²) >= 11 is 0. The molecule has 0 saturated carbocycles. The van der Waals surface area contributed by atoms with Gasteiger partial charge in [-0.3, -0.25) is 4.79 Å². The lowest BCUT2D eigenvalue weighted by Crippen LogP contribution is -2.21. The quantitative estimate of drug-likeness (QED) is 0.758. The number of rotatable bonds is 4. The zero-order chi connectivity index (χ0) is 18.0. The molecule has 0 spiro atoms. The maximum atomic E-state index is 11.7. The molecule has 1 amide bonds. The summed E-state index contributed by atoms with van der Waals surface area (Å²) < 4.78 is 10.7. The second-order valence-electron chi connectivity index (χ2n) is 5.20. The molecule has 0 fully saturated rings. The molecule has 3 N–H and O–H groups in total. The third-order valence-corrected chi connectivity index (χ3v) is 3.56. The van der Waals surface area contributed by atoms with Crippen LogP contribution in [0.1, 0.15) is 20.7 Å². The molecule has 7 heteroatoms. The van der Waals surface area contributed by atoms with Crippen LogP contribution < -0.4 is 16.0 Å². The van der Waals surface area contributed by atoms with Gasteiger partial charge >= 0.3 is 5.97 Å². The zero-order valence-corrected chi connectivity index (χ0v) is 13.2. The van der Waals surface area contributed by atoms with E-state index in [2.05, 4.69) is 4.99 Å². The number of nitrogens with two attached hydrogens (primary N) is 1. The Hall–Kier alpha value is -3.61. The fraction of sp³-hybridized carbons (Fsp3) is 0.0556. The van der Waals surface area contributed by atoms with Crippen molar-refractivity contribution >= 4 is 28.5 Å². The normalized spacial score (nSPS) is 11.5. The predicted octanol–water partition coefficient (Wildman–Crippen LogP) is 2.47. The second-order valence-corrected chi connectivity index (χ2v) is 5.20. The van der Waals surface area contributed by atoms with Crippen LogP contribution in [-0.4, -0.2) is 24.1 Å². The summed E-state index contributed by atoms with van der Waals surface area (Å²) in [5.41, 5.74) is 6.54. The van der Waals surface area contributed by atoms with E-state index in [0.717, 1.165) is 0 Å². The van der Waals surface area contributed by atoms with Crippen molar-refractivity contribution in [2.24, 2.45) is 10.7 Å². The second kappa shape index (κ2) is 6.48. The summed E-state index contributed by atoms with van der Waals surface area (Å²) in [5.74, 6) is -1.13. The van der Waals surface area contributed by atoms with Gasteiger partial charge < -0.3 is 20.0 Å². The van der Waals surface area contributed by atoms with Gasteiger partial charge in [0, 0.05) is 5.39 Å². The Labute approximate surface area is 142 Å². The van der Waals surface area contributed by atoms with Crippen LogP contribution in [0.2, 0.25) is 0 Å². The number of aromatic carboxylic acids is 1. The molecule has 7 nitrogen and oxygen atoms in total. The van der Waals surface area contributed by atoms with Crippen molar-refractivity contribution < 1.29 is 23.8 Å². The van der Waals surface area contributed by atoms with Gasteiger partial charge in [0.05, 0.1) is 18.4 Å². The Morgan fingerprint density at radius 1 is 1.12 bits per heavy atom. The number of primary amides is 1. The van der Waals surface area contributed by atoms with Gasteiger partial charge in [-0.05, 0) is 48.5 Å². The number of nitrogens with zero attached hydrogens (tertiary/aromatic N) is 1. The summed E-state index contributed by atoms with van der Waals surface area (Å²) in [6.07, 6.45) is 0. The summed E-state index contributed by atoms with van der Waals surface area (Å²) in [7, 11) is 1.56. The Kier molecular flexibility index (Phi) is 4.21. The Balaban J connectivity index is 2.20. The van der Waals surface area contributed by atoms with Crippen LogP contribution in [0.3, 0.4) is 0 Å². The van der Waals surface area contributed by atoms with Gasteiger partial charge in [0.15, 0.2) is 0 Å². The number of carbonyl (C=O) groups is 2. The molecule has 3 rings (SSSR count).